The number of hydrogen-bond donors (Lipinski definition) is 0. The zero-order valence-corrected chi connectivity index (χ0v) is 8.91. The standard InChI is InChI=1S/C9H11N3OS/c1-12(2)6-8-10-9(11-13-8)7-4-3-5-14-7/h3-5H,6H2,1-2H3. The summed E-state index contributed by atoms with van der Waals surface area (Å²) in [6.45, 7) is 0.679. The van der Waals surface area contributed by atoms with Gasteiger partial charge in [0.15, 0.2) is 0 Å². The molecule has 14 heavy (non-hydrogen) atoms. The van der Waals surface area contributed by atoms with Crippen molar-refractivity contribution in [3.63, 3.8) is 0 Å². The van der Waals surface area contributed by atoms with Crippen LogP contribution in [0.3, 0.4) is 0 Å². The highest BCUT2D eigenvalue weighted by Crippen LogP contribution is 2.21. The molecule has 2 aromatic heterocycles. The molecule has 2 aromatic rings. The molecule has 2 heterocycles. The third kappa shape index (κ3) is 2.00. The predicted molar refractivity (Wildman–Crippen MR) is 55.0 cm³/mol. The summed E-state index contributed by atoms with van der Waals surface area (Å²) in [6, 6.07) is 3.96. The van der Waals surface area contributed by atoms with Gasteiger partial charge < -0.3 is 9.42 Å². The molecule has 0 spiro atoms. The lowest BCUT2D eigenvalue weighted by atomic mass is 10.4. The van der Waals surface area contributed by atoms with Crippen molar-refractivity contribution in [1.82, 2.24) is 15.0 Å². The van der Waals surface area contributed by atoms with Gasteiger partial charge in [-0.15, -0.1) is 11.3 Å². The van der Waals surface area contributed by atoms with Gasteiger partial charge in [-0.05, 0) is 25.5 Å². The molecule has 4 nitrogen and oxygen atoms in total. The molecular weight excluding hydrogens is 198 g/mol. The van der Waals surface area contributed by atoms with Crippen LogP contribution in [0.15, 0.2) is 22.0 Å². The first kappa shape index (κ1) is 9.36. The Balaban J connectivity index is 2.18. The highest BCUT2D eigenvalue weighted by molar-refractivity contribution is 7.13. The molecule has 0 aliphatic rings. The fraction of sp³-hybridized carbons (Fsp3) is 0.333. The van der Waals surface area contributed by atoms with Gasteiger partial charge in [-0.3, -0.25) is 0 Å². The zero-order chi connectivity index (χ0) is 9.97. The van der Waals surface area contributed by atoms with Crippen LogP contribution < -0.4 is 0 Å². The predicted octanol–water partition coefficient (Wildman–Crippen LogP) is 1.86. The van der Waals surface area contributed by atoms with E-state index in [4.69, 9.17) is 4.52 Å². The molecule has 0 unspecified atom stereocenters. The minimum absolute atomic E-state index is 0.651. The summed E-state index contributed by atoms with van der Waals surface area (Å²) < 4.78 is 5.10. The van der Waals surface area contributed by atoms with E-state index in [1.807, 2.05) is 36.5 Å². The third-order valence-electron chi connectivity index (χ3n) is 1.66. The SMILES string of the molecule is CN(C)Cc1nc(-c2cccs2)no1. The number of aromatic nitrogens is 2. The molecular formula is C9H11N3OS. The fourth-order valence-electron chi connectivity index (χ4n) is 1.10. The van der Waals surface area contributed by atoms with Gasteiger partial charge in [0, 0.05) is 0 Å². The summed E-state index contributed by atoms with van der Waals surface area (Å²) in [5.41, 5.74) is 0. The van der Waals surface area contributed by atoms with Crippen LogP contribution in [0.5, 0.6) is 0 Å². The van der Waals surface area contributed by atoms with Gasteiger partial charge in [0.1, 0.15) is 0 Å². The van der Waals surface area contributed by atoms with Gasteiger partial charge >= 0.3 is 0 Å². The average molecular weight is 209 g/mol. The summed E-state index contributed by atoms with van der Waals surface area (Å²) >= 11 is 1.61. The third-order valence-corrected chi connectivity index (χ3v) is 2.53. The molecule has 0 amide bonds. The van der Waals surface area contributed by atoms with Crippen LogP contribution in [0.2, 0.25) is 0 Å². The van der Waals surface area contributed by atoms with Crippen molar-refractivity contribution in [2.24, 2.45) is 0 Å². The summed E-state index contributed by atoms with van der Waals surface area (Å²) in [4.78, 5) is 7.32. The Morgan fingerprint density at radius 1 is 1.50 bits per heavy atom. The van der Waals surface area contributed by atoms with Crippen LogP contribution in [0.4, 0.5) is 0 Å². The Labute approximate surface area is 86.2 Å². The van der Waals surface area contributed by atoms with Crippen molar-refractivity contribution in [3.8, 4) is 10.7 Å². The van der Waals surface area contributed by atoms with Crippen LogP contribution in [0.1, 0.15) is 5.89 Å². The molecule has 0 bridgehead atoms. The number of thiophene rings is 1. The highest BCUT2D eigenvalue weighted by atomic mass is 32.1. The van der Waals surface area contributed by atoms with Crippen molar-refractivity contribution in [3.05, 3.63) is 23.4 Å². The smallest absolute Gasteiger partial charge is 0.241 e. The summed E-state index contributed by atoms with van der Waals surface area (Å²) in [5, 5.41) is 5.91. The van der Waals surface area contributed by atoms with Gasteiger partial charge in [-0.2, -0.15) is 4.98 Å². The van der Waals surface area contributed by atoms with Crippen LogP contribution in [0, 0.1) is 0 Å². The Kier molecular flexibility index (Phi) is 2.60. The molecule has 5 heteroatoms. The summed E-state index contributed by atoms with van der Waals surface area (Å²) in [5.74, 6) is 1.33. The Bertz CT molecular complexity index is 394. The molecule has 0 fully saturated rings. The van der Waals surface area contributed by atoms with E-state index < -0.39 is 0 Å². The maximum Gasteiger partial charge on any atom is 0.241 e. The highest BCUT2D eigenvalue weighted by Gasteiger charge is 2.09. The molecule has 74 valence electrons. The molecule has 0 radical (unpaired) electrons. The number of nitrogens with zero attached hydrogens (tertiary/aromatic N) is 3. The van der Waals surface area contributed by atoms with Crippen LogP contribution in [0.25, 0.3) is 10.7 Å². The molecule has 0 saturated heterocycles. The van der Waals surface area contributed by atoms with Crippen molar-refractivity contribution in [2.45, 2.75) is 6.54 Å². The van der Waals surface area contributed by atoms with Crippen LogP contribution in [-0.4, -0.2) is 29.1 Å². The molecule has 0 atom stereocenters. The van der Waals surface area contributed by atoms with E-state index in [9.17, 15) is 0 Å². The second-order valence-corrected chi connectivity index (χ2v) is 4.17. The van der Waals surface area contributed by atoms with E-state index in [2.05, 4.69) is 10.1 Å². The Morgan fingerprint density at radius 2 is 2.36 bits per heavy atom. The first-order valence-corrected chi connectivity index (χ1v) is 5.15. The summed E-state index contributed by atoms with van der Waals surface area (Å²) in [6.07, 6.45) is 0. The lowest BCUT2D eigenvalue weighted by Crippen LogP contribution is -2.10. The molecule has 0 N–H and O–H groups in total. The molecule has 0 saturated carbocycles. The maximum absolute atomic E-state index is 5.10. The summed E-state index contributed by atoms with van der Waals surface area (Å²) in [7, 11) is 3.93. The van der Waals surface area contributed by atoms with Gasteiger partial charge in [0.2, 0.25) is 11.7 Å². The maximum atomic E-state index is 5.10. The van der Waals surface area contributed by atoms with Crippen molar-refractivity contribution in [1.29, 1.82) is 0 Å². The quantitative estimate of drug-likeness (QED) is 0.773. The fourth-order valence-corrected chi connectivity index (χ4v) is 1.74. The second-order valence-electron chi connectivity index (χ2n) is 3.23. The minimum Gasteiger partial charge on any atom is -0.338 e. The largest absolute Gasteiger partial charge is 0.338 e. The number of rotatable bonds is 3. The monoisotopic (exact) mass is 209 g/mol. The van der Waals surface area contributed by atoms with E-state index in [-0.39, 0.29) is 0 Å². The van der Waals surface area contributed by atoms with Crippen LogP contribution in [-0.2, 0) is 6.54 Å². The molecule has 0 aliphatic heterocycles. The van der Waals surface area contributed by atoms with Crippen molar-refractivity contribution >= 4 is 11.3 Å². The second kappa shape index (κ2) is 3.89. The van der Waals surface area contributed by atoms with Gasteiger partial charge in [-0.1, -0.05) is 11.2 Å². The van der Waals surface area contributed by atoms with E-state index >= 15 is 0 Å². The molecule has 2 rings (SSSR count). The normalized spacial score (nSPS) is 11.1. The van der Waals surface area contributed by atoms with E-state index in [1.54, 1.807) is 11.3 Å². The zero-order valence-electron chi connectivity index (χ0n) is 8.10. The Hall–Kier alpha value is -1.20. The lowest BCUT2D eigenvalue weighted by molar-refractivity contribution is 0.303. The van der Waals surface area contributed by atoms with Crippen LogP contribution >= 0.6 is 11.3 Å². The average Bonchev–Trinajstić information content (AvgIpc) is 2.69. The van der Waals surface area contributed by atoms with E-state index in [0.717, 1.165) is 4.88 Å². The van der Waals surface area contributed by atoms with Crippen molar-refractivity contribution in [2.75, 3.05) is 14.1 Å². The first-order chi connectivity index (χ1) is 6.75. The van der Waals surface area contributed by atoms with Gasteiger partial charge in [0.25, 0.3) is 0 Å². The first-order valence-electron chi connectivity index (χ1n) is 4.27. The Morgan fingerprint density at radius 3 is 3.00 bits per heavy atom. The van der Waals surface area contributed by atoms with Crippen molar-refractivity contribution < 1.29 is 4.52 Å². The minimum atomic E-state index is 0.651. The van der Waals surface area contributed by atoms with E-state index in [1.165, 1.54) is 0 Å². The lowest BCUT2D eigenvalue weighted by Gasteiger charge is -2.02. The molecule has 0 aliphatic carbocycles. The topological polar surface area (TPSA) is 42.2 Å². The molecule has 0 aromatic carbocycles. The van der Waals surface area contributed by atoms with Gasteiger partial charge in [-0.25, -0.2) is 0 Å². The number of hydrogen-bond acceptors (Lipinski definition) is 5. The van der Waals surface area contributed by atoms with E-state index in [0.29, 0.717) is 18.3 Å². The van der Waals surface area contributed by atoms with Gasteiger partial charge in [0.05, 0.1) is 11.4 Å².